The Morgan fingerprint density at radius 2 is 1.71 bits per heavy atom. The van der Waals surface area contributed by atoms with Gasteiger partial charge in [0.05, 0.1) is 33.1 Å². The molecule has 3 aromatic heterocycles. The Morgan fingerprint density at radius 3 is 2.37 bits per heavy atom. The first-order valence-electron chi connectivity index (χ1n) is 11.0. The maximum absolute atomic E-state index is 13.8. The van der Waals surface area contributed by atoms with E-state index in [1.54, 1.807) is 36.4 Å². The molecule has 0 fully saturated rings. The highest BCUT2D eigenvalue weighted by atomic mass is 35.5. The third kappa shape index (κ3) is 4.66. The van der Waals surface area contributed by atoms with Crippen molar-refractivity contribution in [3.05, 3.63) is 101 Å². The highest BCUT2D eigenvalue weighted by Gasteiger charge is 2.35. The summed E-state index contributed by atoms with van der Waals surface area (Å²) in [5.41, 5.74) is 4.96. The summed E-state index contributed by atoms with van der Waals surface area (Å²) in [7, 11) is 0. The van der Waals surface area contributed by atoms with Gasteiger partial charge in [-0.1, -0.05) is 35.9 Å². The number of primary amides is 1. The predicted molar refractivity (Wildman–Crippen MR) is 135 cm³/mol. The van der Waals surface area contributed by atoms with Crippen LogP contribution < -0.4 is 11.1 Å². The lowest BCUT2D eigenvalue weighted by molar-refractivity contribution is -0.137. The molecule has 8 nitrogen and oxygen atoms in total. The van der Waals surface area contributed by atoms with E-state index >= 15 is 0 Å². The number of nitrogens with one attached hydrogen (secondary N) is 1. The zero-order valence-corrected chi connectivity index (χ0v) is 20.0. The maximum Gasteiger partial charge on any atom is 0.417 e. The number of alkyl halides is 3. The third-order valence-corrected chi connectivity index (χ3v) is 5.94. The van der Waals surface area contributed by atoms with Crippen LogP contribution in [0.4, 0.5) is 19.0 Å². The third-order valence-electron chi connectivity index (χ3n) is 5.63. The summed E-state index contributed by atoms with van der Waals surface area (Å²) in [5, 5.41) is 6.71. The quantitative estimate of drug-likeness (QED) is 0.307. The SMILES string of the molecule is NC(=O)c1cnc2c(NC(=O)c3cc(-c4ccccn4)c(C(F)(F)F)cc3Cl)n(-c3ccccc3)nc2c1. The molecule has 3 heterocycles. The van der Waals surface area contributed by atoms with E-state index in [2.05, 4.69) is 20.4 Å². The molecule has 3 N–H and O–H groups in total. The van der Waals surface area contributed by atoms with E-state index in [1.165, 1.54) is 35.3 Å². The van der Waals surface area contributed by atoms with Gasteiger partial charge >= 0.3 is 6.18 Å². The largest absolute Gasteiger partial charge is 0.417 e. The molecule has 0 aliphatic heterocycles. The van der Waals surface area contributed by atoms with Crippen LogP contribution in [0, 0.1) is 0 Å². The summed E-state index contributed by atoms with van der Waals surface area (Å²) in [6.07, 6.45) is -2.16. The molecule has 2 amide bonds. The van der Waals surface area contributed by atoms with E-state index < -0.39 is 28.6 Å². The van der Waals surface area contributed by atoms with Crippen LogP contribution in [0.2, 0.25) is 5.02 Å². The first-order valence-corrected chi connectivity index (χ1v) is 11.4. The Hall–Kier alpha value is -4.77. The van der Waals surface area contributed by atoms with Crippen LogP contribution >= 0.6 is 11.6 Å². The van der Waals surface area contributed by atoms with Crippen LogP contribution in [0.1, 0.15) is 26.3 Å². The van der Waals surface area contributed by atoms with Crippen LogP contribution in [0.15, 0.2) is 79.1 Å². The highest BCUT2D eigenvalue weighted by Crippen LogP contribution is 2.39. The van der Waals surface area contributed by atoms with Gasteiger partial charge in [0.1, 0.15) is 11.0 Å². The molecule has 0 radical (unpaired) electrons. The number of nitrogens with zero attached hydrogens (tertiary/aromatic N) is 4. The number of benzene rings is 2. The van der Waals surface area contributed by atoms with Crippen molar-refractivity contribution in [2.75, 3.05) is 5.32 Å². The monoisotopic (exact) mass is 536 g/mol. The molecule has 190 valence electrons. The van der Waals surface area contributed by atoms with Gasteiger partial charge < -0.3 is 11.1 Å². The van der Waals surface area contributed by atoms with Crippen LogP contribution in [0.5, 0.6) is 0 Å². The topological polar surface area (TPSA) is 116 Å². The second kappa shape index (κ2) is 9.60. The summed E-state index contributed by atoms with van der Waals surface area (Å²) in [4.78, 5) is 33.3. The van der Waals surface area contributed by atoms with E-state index in [1.807, 2.05) is 0 Å². The van der Waals surface area contributed by atoms with Crippen molar-refractivity contribution in [1.29, 1.82) is 0 Å². The van der Waals surface area contributed by atoms with Crippen molar-refractivity contribution < 1.29 is 22.8 Å². The lowest BCUT2D eigenvalue weighted by Gasteiger charge is -2.16. The van der Waals surface area contributed by atoms with Crippen molar-refractivity contribution in [2.24, 2.45) is 5.73 Å². The number of aromatic nitrogens is 4. The standard InChI is InChI=1S/C26H16ClF3N6O2/c27-19-12-18(26(28,29)30)16(20-8-4-5-9-32-20)11-17(19)25(38)34-24-22-21(10-14(13-33-22)23(31)37)35-36(24)15-6-2-1-3-7-15/h1-13H,(H2,31,37)(H,34,38). The van der Waals surface area contributed by atoms with Gasteiger partial charge in [0, 0.05) is 18.0 Å². The number of rotatable bonds is 5. The number of para-hydroxylation sites is 1. The normalized spacial score (nSPS) is 11.5. The molecule has 2 aromatic carbocycles. The second-order valence-electron chi connectivity index (χ2n) is 8.10. The molecule has 0 spiro atoms. The number of fused-ring (bicyclic) bond motifs is 1. The van der Waals surface area contributed by atoms with Gasteiger partial charge in [0.25, 0.3) is 5.91 Å². The maximum atomic E-state index is 13.8. The Balaban J connectivity index is 1.64. The molecule has 5 aromatic rings. The van der Waals surface area contributed by atoms with Crippen molar-refractivity contribution in [2.45, 2.75) is 6.18 Å². The minimum absolute atomic E-state index is 0.0194. The van der Waals surface area contributed by atoms with E-state index in [4.69, 9.17) is 17.3 Å². The van der Waals surface area contributed by atoms with E-state index in [0.29, 0.717) is 11.8 Å². The molecule has 0 aliphatic carbocycles. The summed E-state index contributed by atoms with van der Waals surface area (Å²) >= 11 is 6.19. The fourth-order valence-electron chi connectivity index (χ4n) is 3.86. The van der Waals surface area contributed by atoms with Crippen molar-refractivity contribution in [3.8, 4) is 16.9 Å². The molecular weight excluding hydrogens is 521 g/mol. The average molecular weight is 537 g/mol. The molecular formula is C26H16ClF3N6O2. The van der Waals surface area contributed by atoms with Crippen molar-refractivity contribution >= 4 is 40.3 Å². The predicted octanol–water partition coefficient (Wildman–Crippen LogP) is 5.51. The number of pyridine rings is 2. The fraction of sp³-hybridized carbons (Fsp3) is 0.0385. The van der Waals surface area contributed by atoms with Gasteiger partial charge in [-0.05, 0) is 42.5 Å². The Morgan fingerprint density at radius 1 is 0.974 bits per heavy atom. The van der Waals surface area contributed by atoms with E-state index in [-0.39, 0.29) is 39.2 Å². The first-order chi connectivity index (χ1) is 18.1. The number of anilines is 1. The number of halogens is 4. The molecule has 0 aliphatic rings. The number of carbonyl (C=O) groups is 2. The van der Waals surface area contributed by atoms with Crippen molar-refractivity contribution in [1.82, 2.24) is 19.7 Å². The van der Waals surface area contributed by atoms with Gasteiger partial charge in [-0.15, -0.1) is 0 Å². The zero-order chi connectivity index (χ0) is 27.0. The van der Waals surface area contributed by atoms with Crippen LogP contribution in [-0.4, -0.2) is 31.6 Å². The lowest BCUT2D eigenvalue weighted by atomic mass is 9.99. The minimum atomic E-state index is -4.74. The highest BCUT2D eigenvalue weighted by molar-refractivity contribution is 6.34. The van der Waals surface area contributed by atoms with Gasteiger partial charge in [-0.25, -0.2) is 9.67 Å². The van der Waals surface area contributed by atoms with Gasteiger partial charge in [0.2, 0.25) is 5.91 Å². The van der Waals surface area contributed by atoms with Crippen LogP contribution in [0.25, 0.3) is 28.0 Å². The van der Waals surface area contributed by atoms with Crippen LogP contribution in [0.3, 0.4) is 0 Å². The molecule has 5 rings (SSSR count). The Bertz CT molecular complexity index is 1690. The number of hydrogen-bond donors (Lipinski definition) is 2. The lowest BCUT2D eigenvalue weighted by Crippen LogP contribution is -2.17. The molecule has 38 heavy (non-hydrogen) atoms. The summed E-state index contributed by atoms with van der Waals surface area (Å²) < 4.78 is 42.8. The fourth-order valence-corrected chi connectivity index (χ4v) is 4.11. The summed E-state index contributed by atoms with van der Waals surface area (Å²) in [6, 6.07) is 16.4. The summed E-state index contributed by atoms with van der Waals surface area (Å²) in [6.45, 7) is 0. The molecule has 0 bridgehead atoms. The zero-order valence-electron chi connectivity index (χ0n) is 19.2. The Labute approximate surface area is 217 Å². The molecule has 0 unspecified atom stereocenters. The number of hydrogen-bond acceptors (Lipinski definition) is 5. The second-order valence-corrected chi connectivity index (χ2v) is 8.50. The van der Waals surface area contributed by atoms with Crippen LogP contribution in [-0.2, 0) is 6.18 Å². The molecule has 0 saturated carbocycles. The number of amides is 2. The average Bonchev–Trinajstić information content (AvgIpc) is 3.26. The number of carbonyl (C=O) groups excluding carboxylic acids is 2. The number of nitrogens with two attached hydrogens (primary N) is 1. The van der Waals surface area contributed by atoms with Gasteiger partial charge in [-0.2, -0.15) is 18.3 Å². The first kappa shape index (κ1) is 24.9. The Kier molecular flexibility index (Phi) is 6.29. The molecule has 12 heteroatoms. The molecule has 0 atom stereocenters. The van der Waals surface area contributed by atoms with Crippen molar-refractivity contribution in [3.63, 3.8) is 0 Å². The van der Waals surface area contributed by atoms with E-state index in [9.17, 15) is 22.8 Å². The molecule has 0 saturated heterocycles. The van der Waals surface area contributed by atoms with Gasteiger partial charge in [0.15, 0.2) is 5.82 Å². The summed E-state index contributed by atoms with van der Waals surface area (Å²) in [5.74, 6) is -1.40. The smallest absolute Gasteiger partial charge is 0.366 e. The van der Waals surface area contributed by atoms with Gasteiger partial charge in [-0.3, -0.25) is 14.6 Å². The minimum Gasteiger partial charge on any atom is -0.366 e. The van der Waals surface area contributed by atoms with E-state index in [0.717, 1.165) is 6.07 Å².